The average molecular weight is 999 g/mol. The second kappa shape index (κ2) is 16.6. The standard InChI is InChI=1S/C56H45N5O.Pt/c1-39-32-55(57-35-51(39)42-20-10-5-11-21-42)59-37-43-36-58(2)31-30-47(43)50-29-28-46(34-54(50)59)62-45-23-14-22-44(33-45)60-38-61(53-27-13-12-26-52(53)60)56-48(40-16-6-3-7-17-40)24-15-25-49(56)41-18-8-4-9-19-41;/h3-29,32,35,43,47H,30-31,36-37H2,1-2H3;/q-2;. The number of piperidine rings is 1. The maximum atomic E-state index is 6.75. The molecular formula is C56H45N5OPt-2. The van der Waals surface area contributed by atoms with E-state index in [0.29, 0.717) is 23.3 Å². The Hall–Kier alpha value is -6.59. The minimum Gasteiger partial charge on any atom is -0.0622 e. The third-order valence-corrected chi connectivity index (χ3v) is 13.8. The molecule has 7 heteroatoms. The topological polar surface area (TPSA) is 38.5 Å². The molecule has 2 aliphatic heterocycles. The Balaban J connectivity index is 0.991. The molecule has 0 spiro atoms. The monoisotopic (exact) mass is 998 g/mol. The molecule has 1 saturated heterocycles. The average Bonchev–Trinajstić information content (AvgIpc) is 3.62. The fourth-order valence-corrected chi connectivity index (χ4v) is 10.9. The van der Waals surface area contributed by atoms with Crippen molar-refractivity contribution in [2.75, 3.05) is 31.6 Å². The normalized spacial score (nSPS) is 16.2. The number of aryl methyl sites for hydroxylation is 1. The summed E-state index contributed by atoms with van der Waals surface area (Å²) in [6.45, 7) is 5.20. The number of hydrogen-bond acceptors (Lipinski definition) is 4. The Bertz CT molecular complexity index is 3120. The molecule has 2 atom stereocenters. The van der Waals surface area contributed by atoms with Crippen LogP contribution in [-0.2, 0) is 19.4 Å². The van der Waals surface area contributed by atoms with E-state index in [2.05, 4.69) is 228 Å². The molecule has 2 aliphatic rings. The molecule has 2 aromatic heterocycles. The van der Waals surface area contributed by atoms with Crippen LogP contribution in [0.25, 0.3) is 55.8 Å². The number of ether oxygens (including phenoxy) is 1. The van der Waals surface area contributed by atoms with Crippen molar-refractivity contribution >= 4 is 22.5 Å². The van der Waals surface area contributed by atoms with Crippen molar-refractivity contribution < 1.29 is 24.1 Å². The van der Waals surface area contributed by atoms with Crippen LogP contribution in [0.4, 0.5) is 11.5 Å². The molecule has 6 nitrogen and oxygen atoms in total. The molecule has 0 N–H and O–H groups in total. The number of anilines is 2. The van der Waals surface area contributed by atoms with Gasteiger partial charge in [-0.15, -0.1) is 0 Å². The molecular weight excluding hydrogens is 954 g/mol. The maximum absolute atomic E-state index is 6.75. The van der Waals surface area contributed by atoms with Crippen LogP contribution < -0.4 is 9.64 Å². The van der Waals surface area contributed by atoms with Gasteiger partial charge in [0.05, 0.1) is 0 Å². The number of rotatable bonds is 8. The SMILES string of the molecule is Cc1cc(N2CC3CN(C)CCC3c3ccc(Oc4[c-]c(-n5[c](=[Pt])n(-c6c(-c7ccccc7)cccc6-c6ccccc6)c6ccccc65)ccc4)[c-]c32)ncc1-c1ccccc1. The van der Waals surface area contributed by atoms with Crippen molar-refractivity contribution in [3.05, 3.63) is 203 Å². The Morgan fingerprint density at radius 1 is 0.619 bits per heavy atom. The number of likely N-dealkylation sites (tertiary alicyclic amines) is 1. The minimum absolute atomic E-state index is 0.461. The minimum atomic E-state index is 0.461. The summed E-state index contributed by atoms with van der Waals surface area (Å²) in [5.74, 6) is 3.17. The van der Waals surface area contributed by atoms with E-state index >= 15 is 0 Å². The quantitative estimate of drug-likeness (QED) is 0.142. The third-order valence-electron chi connectivity index (χ3n) is 12.8. The summed E-state index contributed by atoms with van der Waals surface area (Å²) in [5.41, 5.74) is 14.7. The van der Waals surface area contributed by atoms with Crippen LogP contribution in [0, 0.1) is 28.8 Å². The summed E-state index contributed by atoms with van der Waals surface area (Å²) in [5, 5.41) is 0. The van der Waals surface area contributed by atoms with Crippen molar-refractivity contribution in [2.24, 2.45) is 5.92 Å². The number of hydrogen-bond donors (Lipinski definition) is 0. The van der Waals surface area contributed by atoms with Crippen molar-refractivity contribution in [3.63, 3.8) is 0 Å². The Kier molecular flexibility index (Phi) is 10.3. The number of nitrogens with zero attached hydrogens (tertiary/aromatic N) is 5. The van der Waals surface area contributed by atoms with E-state index in [1.165, 1.54) is 16.7 Å². The van der Waals surface area contributed by atoms with Gasteiger partial charge in [0.1, 0.15) is 0 Å². The van der Waals surface area contributed by atoms with E-state index in [0.717, 1.165) is 91.6 Å². The molecule has 0 aliphatic carbocycles. The molecule has 0 radical (unpaired) electrons. The number of imidazole rings is 1. The van der Waals surface area contributed by atoms with Gasteiger partial charge in [-0.1, -0.05) is 30.3 Å². The van der Waals surface area contributed by atoms with Crippen LogP contribution in [0.5, 0.6) is 11.5 Å². The second-order valence-corrected chi connectivity index (χ2v) is 17.7. The first-order chi connectivity index (χ1) is 31.0. The number of fused-ring (bicyclic) bond motifs is 4. The van der Waals surface area contributed by atoms with E-state index < -0.39 is 0 Å². The van der Waals surface area contributed by atoms with Crippen LogP contribution in [-0.4, -0.2) is 45.7 Å². The number of benzene rings is 7. The molecule has 312 valence electrons. The van der Waals surface area contributed by atoms with E-state index in [1.807, 2.05) is 12.3 Å². The fraction of sp³-hybridized carbons (Fsp3) is 0.143. The van der Waals surface area contributed by atoms with E-state index in [4.69, 9.17) is 9.72 Å². The first-order valence-corrected chi connectivity index (χ1v) is 22.8. The van der Waals surface area contributed by atoms with Crippen molar-refractivity contribution in [1.29, 1.82) is 0 Å². The van der Waals surface area contributed by atoms with Crippen molar-refractivity contribution in [1.82, 2.24) is 19.0 Å². The van der Waals surface area contributed by atoms with Crippen LogP contribution in [0.1, 0.15) is 23.5 Å². The van der Waals surface area contributed by atoms with Crippen LogP contribution >= 0.6 is 0 Å². The zero-order valence-corrected chi connectivity index (χ0v) is 37.5. The first kappa shape index (κ1) is 39.3. The Morgan fingerprint density at radius 2 is 1.22 bits per heavy atom. The van der Waals surface area contributed by atoms with Crippen LogP contribution in [0.15, 0.2) is 176 Å². The van der Waals surface area contributed by atoms with Gasteiger partial charge in [-0.2, -0.15) is 0 Å². The Morgan fingerprint density at radius 3 is 1.89 bits per heavy atom. The molecule has 63 heavy (non-hydrogen) atoms. The van der Waals surface area contributed by atoms with Gasteiger partial charge in [0.2, 0.25) is 0 Å². The van der Waals surface area contributed by atoms with Gasteiger partial charge in [-0.25, -0.2) is 0 Å². The molecule has 9 aromatic rings. The van der Waals surface area contributed by atoms with Gasteiger partial charge in [0, 0.05) is 18.3 Å². The summed E-state index contributed by atoms with van der Waals surface area (Å²) in [4.78, 5) is 9.93. The van der Waals surface area contributed by atoms with Gasteiger partial charge in [0.15, 0.2) is 0 Å². The molecule has 11 rings (SSSR count). The molecule has 1 fully saturated rings. The first-order valence-electron chi connectivity index (χ1n) is 21.7. The zero-order valence-electron chi connectivity index (χ0n) is 35.2. The smallest absolute Gasteiger partial charge is 0.0622 e. The van der Waals surface area contributed by atoms with Gasteiger partial charge < -0.3 is 4.90 Å². The van der Waals surface area contributed by atoms with E-state index in [1.54, 1.807) is 0 Å². The number of aromatic nitrogens is 3. The van der Waals surface area contributed by atoms with Gasteiger partial charge in [-0.05, 0) is 31.6 Å². The molecule has 2 unspecified atom stereocenters. The van der Waals surface area contributed by atoms with E-state index in [9.17, 15) is 0 Å². The predicted molar refractivity (Wildman–Crippen MR) is 251 cm³/mol. The fourth-order valence-electron chi connectivity index (χ4n) is 9.79. The predicted octanol–water partition coefficient (Wildman–Crippen LogP) is 12.8. The number of pyridine rings is 1. The molecule has 0 amide bonds. The summed E-state index contributed by atoms with van der Waals surface area (Å²) >= 11 is 2.48. The van der Waals surface area contributed by atoms with Crippen LogP contribution in [0.3, 0.4) is 0 Å². The van der Waals surface area contributed by atoms with Crippen molar-refractivity contribution in [2.45, 2.75) is 19.3 Å². The van der Waals surface area contributed by atoms with Gasteiger partial charge in [0.25, 0.3) is 0 Å². The zero-order chi connectivity index (χ0) is 42.4. The summed E-state index contributed by atoms with van der Waals surface area (Å²) in [6.07, 6.45) is 3.15. The summed E-state index contributed by atoms with van der Waals surface area (Å²) in [7, 11) is 2.24. The molecule has 7 aromatic carbocycles. The molecule has 4 heterocycles. The molecule has 0 bridgehead atoms. The second-order valence-electron chi connectivity index (χ2n) is 16.7. The van der Waals surface area contributed by atoms with Gasteiger partial charge in [-0.3, -0.25) is 0 Å². The summed E-state index contributed by atoms with van der Waals surface area (Å²) < 4.78 is 12.5. The van der Waals surface area contributed by atoms with Crippen LogP contribution in [0.2, 0.25) is 0 Å². The third kappa shape index (κ3) is 7.27. The summed E-state index contributed by atoms with van der Waals surface area (Å²) in [6, 6.07) is 67.3. The molecule has 0 saturated carbocycles. The van der Waals surface area contributed by atoms with Gasteiger partial charge >= 0.3 is 297 Å². The number of para-hydroxylation sites is 3. The van der Waals surface area contributed by atoms with Crippen molar-refractivity contribution in [3.8, 4) is 56.3 Å². The van der Waals surface area contributed by atoms with E-state index in [-0.39, 0.29) is 0 Å². The Labute approximate surface area is 379 Å².